The topological polar surface area (TPSA) is 83.8 Å². The van der Waals surface area contributed by atoms with Crippen LogP contribution in [0.15, 0.2) is 18.2 Å². The van der Waals surface area contributed by atoms with Gasteiger partial charge in [-0.1, -0.05) is 6.07 Å². The van der Waals surface area contributed by atoms with Gasteiger partial charge in [-0.05, 0) is 24.6 Å². The van der Waals surface area contributed by atoms with Crippen molar-refractivity contribution in [1.29, 1.82) is 0 Å². The summed E-state index contributed by atoms with van der Waals surface area (Å²) >= 11 is 0. The molecule has 0 heterocycles. The van der Waals surface area contributed by atoms with E-state index in [1.54, 1.807) is 0 Å². The molecule has 0 radical (unpaired) electrons. The van der Waals surface area contributed by atoms with Crippen LogP contribution in [0.4, 0.5) is 0 Å². The van der Waals surface area contributed by atoms with Gasteiger partial charge in [0.1, 0.15) is 12.4 Å². The van der Waals surface area contributed by atoms with E-state index < -0.39 is 8.25 Å². The summed E-state index contributed by atoms with van der Waals surface area (Å²) in [4.78, 5) is 19.5. The zero-order valence-corrected chi connectivity index (χ0v) is 8.90. The zero-order chi connectivity index (χ0) is 11.4. The standard InChI is InChI=1S/C9H9O5P/c1-6(10)8-4-7(2-3-9(8)11)5-14-15(12)13/h2-4H,5H2,1H3,(H-,10,11,12,13)/p+1. The van der Waals surface area contributed by atoms with E-state index in [4.69, 9.17) is 4.89 Å². The molecule has 1 rings (SSSR count). The molecule has 15 heavy (non-hydrogen) atoms. The zero-order valence-electron chi connectivity index (χ0n) is 8.01. The fraction of sp³-hybridized carbons (Fsp3) is 0.222. The molecule has 0 saturated heterocycles. The van der Waals surface area contributed by atoms with Gasteiger partial charge < -0.3 is 5.11 Å². The smallest absolute Gasteiger partial charge is 0.507 e. The number of aromatic hydroxyl groups is 1. The van der Waals surface area contributed by atoms with Crippen molar-refractivity contribution in [3.8, 4) is 5.75 Å². The minimum absolute atomic E-state index is 0.0771. The fourth-order valence-corrected chi connectivity index (χ4v) is 1.34. The Morgan fingerprint density at radius 1 is 1.53 bits per heavy atom. The summed E-state index contributed by atoms with van der Waals surface area (Å²) in [7, 11) is -2.65. The molecule has 0 fully saturated rings. The molecule has 1 aromatic rings. The molecule has 0 saturated carbocycles. The Balaban J connectivity index is 2.87. The average Bonchev–Trinajstić information content (AvgIpc) is 2.16. The first-order chi connectivity index (χ1) is 7.00. The van der Waals surface area contributed by atoms with E-state index >= 15 is 0 Å². The lowest BCUT2D eigenvalue weighted by atomic mass is 10.1. The second-order valence-corrected chi connectivity index (χ2v) is 3.65. The van der Waals surface area contributed by atoms with Gasteiger partial charge in [-0.2, -0.15) is 0 Å². The van der Waals surface area contributed by atoms with Gasteiger partial charge >= 0.3 is 8.25 Å². The van der Waals surface area contributed by atoms with Crippen LogP contribution in [-0.4, -0.2) is 15.8 Å². The average molecular weight is 229 g/mol. The van der Waals surface area contributed by atoms with E-state index in [1.807, 2.05) is 0 Å². The van der Waals surface area contributed by atoms with E-state index in [0.717, 1.165) is 0 Å². The predicted octanol–water partition coefficient (Wildman–Crippen LogP) is 1.76. The van der Waals surface area contributed by atoms with Gasteiger partial charge in [0.2, 0.25) is 0 Å². The number of benzene rings is 1. The quantitative estimate of drug-likeness (QED) is 0.607. The number of hydrogen-bond donors (Lipinski definition) is 2. The van der Waals surface area contributed by atoms with Crippen LogP contribution in [0.2, 0.25) is 0 Å². The SMILES string of the molecule is CC(=O)c1cc(CO[P+](=O)O)ccc1O. The fourth-order valence-electron chi connectivity index (χ4n) is 1.08. The molecular weight excluding hydrogens is 219 g/mol. The highest BCUT2D eigenvalue weighted by Crippen LogP contribution is 2.22. The third kappa shape index (κ3) is 3.40. The molecule has 1 atom stereocenters. The maximum atomic E-state index is 11.0. The highest BCUT2D eigenvalue weighted by molar-refractivity contribution is 7.32. The molecular formula is C9H10O5P+. The second-order valence-electron chi connectivity index (χ2n) is 2.92. The van der Waals surface area contributed by atoms with Crippen LogP contribution in [0, 0.1) is 0 Å². The summed E-state index contributed by atoms with van der Waals surface area (Å²) in [6.45, 7) is 1.25. The molecule has 0 aliphatic carbocycles. The lowest BCUT2D eigenvalue weighted by molar-refractivity contribution is 0.101. The molecule has 1 unspecified atom stereocenters. The number of ketones is 1. The van der Waals surface area contributed by atoms with Crippen LogP contribution >= 0.6 is 8.25 Å². The van der Waals surface area contributed by atoms with Crippen molar-refractivity contribution in [1.82, 2.24) is 0 Å². The molecule has 0 aliphatic heterocycles. The summed E-state index contributed by atoms with van der Waals surface area (Å²) in [5.74, 6) is -0.387. The van der Waals surface area contributed by atoms with E-state index in [0.29, 0.717) is 5.56 Å². The van der Waals surface area contributed by atoms with Crippen molar-refractivity contribution in [3.63, 3.8) is 0 Å². The summed E-state index contributed by atoms with van der Waals surface area (Å²) in [6, 6.07) is 4.29. The molecule has 0 spiro atoms. The van der Waals surface area contributed by atoms with Crippen molar-refractivity contribution in [2.45, 2.75) is 13.5 Å². The molecule has 1 aromatic carbocycles. The lowest BCUT2D eigenvalue weighted by Crippen LogP contribution is -1.95. The summed E-state index contributed by atoms with van der Waals surface area (Å²) in [5.41, 5.74) is 0.722. The summed E-state index contributed by atoms with van der Waals surface area (Å²) in [5, 5.41) is 9.31. The first-order valence-electron chi connectivity index (χ1n) is 4.12. The Bertz CT molecular complexity index is 401. The van der Waals surface area contributed by atoms with E-state index in [2.05, 4.69) is 4.52 Å². The Morgan fingerprint density at radius 2 is 2.20 bits per heavy atom. The van der Waals surface area contributed by atoms with Gasteiger partial charge in [-0.15, -0.1) is 9.42 Å². The number of rotatable bonds is 4. The summed E-state index contributed by atoms with van der Waals surface area (Å²) in [6.07, 6.45) is 0. The van der Waals surface area contributed by atoms with E-state index in [1.165, 1.54) is 25.1 Å². The van der Waals surface area contributed by atoms with Crippen molar-refractivity contribution < 1.29 is 23.9 Å². The third-order valence-corrected chi connectivity index (χ3v) is 2.13. The molecule has 0 bridgehead atoms. The van der Waals surface area contributed by atoms with Crippen molar-refractivity contribution >= 4 is 14.0 Å². The molecule has 2 N–H and O–H groups in total. The lowest BCUT2D eigenvalue weighted by Gasteiger charge is -2.02. The first kappa shape index (κ1) is 11.8. The maximum Gasteiger partial charge on any atom is 0.695 e. The van der Waals surface area contributed by atoms with Gasteiger partial charge in [0.05, 0.1) is 5.56 Å². The Kier molecular flexibility index (Phi) is 3.91. The number of phenols is 1. The van der Waals surface area contributed by atoms with Crippen LogP contribution in [0.3, 0.4) is 0 Å². The third-order valence-electron chi connectivity index (χ3n) is 1.78. The minimum Gasteiger partial charge on any atom is -0.507 e. The van der Waals surface area contributed by atoms with Crippen LogP contribution in [-0.2, 0) is 15.7 Å². The number of phenolic OH excluding ortho intramolecular Hbond substituents is 1. The first-order valence-corrected chi connectivity index (χ1v) is 5.25. The number of carbonyl (C=O) groups excluding carboxylic acids is 1. The maximum absolute atomic E-state index is 11.0. The normalized spacial score (nSPS) is 11.2. The molecule has 0 aliphatic rings. The van der Waals surface area contributed by atoms with E-state index in [9.17, 15) is 14.5 Å². The van der Waals surface area contributed by atoms with Gasteiger partial charge in [-0.3, -0.25) is 4.79 Å². The van der Waals surface area contributed by atoms with E-state index in [-0.39, 0.29) is 23.7 Å². The number of Topliss-reactive ketones (excluding diaryl/α,β-unsaturated/α-hetero) is 1. The van der Waals surface area contributed by atoms with Crippen LogP contribution in [0.1, 0.15) is 22.8 Å². The Labute approximate surface area is 87.3 Å². The van der Waals surface area contributed by atoms with Gasteiger partial charge in [0.15, 0.2) is 5.78 Å². The van der Waals surface area contributed by atoms with Crippen molar-refractivity contribution in [2.75, 3.05) is 0 Å². The largest absolute Gasteiger partial charge is 0.695 e. The second kappa shape index (κ2) is 4.98. The van der Waals surface area contributed by atoms with Crippen LogP contribution in [0.5, 0.6) is 5.75 Å². The van der Waals surface area contributed by atoms with Gasteiger partial charge in [-0.25, -0.2) is 0 Å². The summed E-state index contributed by atoms with van der Waals surface area (Å²) < 4.78 is 14.7. The highest BCUT2D eigenvalue weighted by atomic mass is 31.1. The minimum atomic E-state index is -2.65. The predicted molar refractivity (Wildman–Crippen MR) is 52.7 cm³/mol. The number of carbonyl (C=O) groups is 1. The molecule has 0 amide bonds. The van der Waals surface area contributed by atoms with Crippen molar-refractivity contribution in [3.05, 3.63) is 29.3 Å². The Hall–Kier alpha value is -1.29. The molecule has 80 valence electrons. The highest BCUT2D eigenvalue weighted by Gasteiger charge is 2.13. The molecule has 0 aromatic heterocycles. The molecule has 6 heteroatoms. The van der Waals surface area contributed by atoms with Crippen LogP contribution in [0.25, 0.3) is 0 Å². The van der Waals surface area contributed by atoms with Gasteiger partial charge in [0.25, 0.3) is 0 Å². The monoisotopic (exact) mass is 229 g/mol. The van der Waals surface area contributed by atoms with Crippen LogP contribution < -0.4 is 0 Å². The molecule has 5 nitrogen and oxygen atoms in total. The van der Waals surface area contributed by atoms with Crippen molar-refractivity contribution in [2.24, 2.45) is 0 Å². The number of hydrogen-bond acceptors (Lipinski definition) is 4. The van der Waals surface area contributed by atoms with Gasteiger partial charge in [0, 0.05) is 4.57 Å². The Morgan fingerprint density at radius 3 is 2.73 bits per heavy atom.